The largest absolute Gasteiger partial charge is 0.370 e. The van der Waals surface area contributed by atoms with Crippen LogP contribution in [0.4, 0.5) is 5.82 Å². The lowest BCUT2D eigenvalue weighted by Crippen LogP contribution is -2.31. The minimum absolute atomic E-state index is 0.393. The van der Waals surface area contributed by atoms with Crippen molar-refractivity contribution in [1.82, 2.24) is 9.97 Å². The predicted molar refractivity (Wildman–Crippen MR) is 69.9 cm³/mol. The van der Waals surface area contributed by atoms with Gasteiger partial charge in [-0.05, 0) is 39.0 Å². The zero-order chi connectivity index (χ0) is 12.3. The average Bonchev–Trinajstić information content (AvgIpc) is 2.25. The Morgan fingerprint density at radius 3 is 2.88 bits per heavy atom. The van der Waals surface area contributed by atoms with E-state index in [1.54, 1.807) is 0 Å². The Bertz CT molecular complexity index is 357. The smallest absolute Gasteiger partial charge is 0.129 e. The number of nitrogens with zero attached hydrogens (tertiary/aromatic N) is 2. The van der Waals surface area contributed by atoms with Gasteiger partial charge in [0.15, 0.2) is 0 Å². The summed E-state index contributed by atoms with van der Waals surface area (Å²) in [5.41, 5.74) is 7.00. The Morgan fingerprint density at radius 1 is 1.35 bits per heavy atom. The van der Waals surface area contributed by atoms with Crippen LogP contribution in [0.5, 0.6) is 0 Å². The van der Waals surface area contributed by atoms with E-state index in [0.717, 1.165) is 30.3 Å². The normalized spacial score (nSPS) is 24.6. The van der Waals surface area contributed by atoms with Gasteiger partial charge in [0.2, 0.25) is 0 Å². The van der Waals surface area contributed by atoms with Crippen LogP contribution in [0.2, 0.25) is 0 Å². The summed E-state index contributed by atoms with van der Waals surface area (Å²) in [6.45, 7) is 4.90. The highest BCUT2D eigenvalue weighted by Crippen LogP contribution is 2.23. The summed E-state index contributed by atoms with van der Waals surface area (Å²) in [5, 5.41) is 3.41. The maximum Gasteiger partial charge on any atom is 0.129 e. The molecule has 94 valence electrons. The first-order valence-electron chi connectivity index (χ1n) is 6.45. The van der Waals surface area contributed by atoms with E-state index in [0.29, 0.717) is 12.0 Å². The SMILES string of the molecule is Cc1cc(NCC2CCCC(N)C2)nc(C)n1. The number of anilines is 1. The highest BCUT2D eigenvalue weighted by atomic mass is 15.0. The first kappa shape index (κ1) is 12.3. The summed E-state index contributed by atoms with van der Waals surface area (Å²) < 4.78 is 0. The van der Waals surface area contributed by atoms with E-state index in [1.165, 1.54) is 19.3 Å². The van der Waals surface area contributed by atoms with E-state index in [9.17, 15) is 0 Å². The van der Waals surface area contributed by atoms with E-state index in [2.05, 4.69) is 15.3 Å². The molecule has 3 N–H and O–H groups in total. The van der Waals surface area contributed by atoms with Crippen LogP contribution in [0.15, 0.2) is 6.07 Å². The van der Waals surface area contributed by atoms with Gasteiger partial charge in [-0.1, -0.05) is 6.42 Å². The number of hydrogen-bond donors (Lipinski definition) is 2. The van der Waals surface area contributed by atoms with E-state index in [4.69, 9.17) is 5.73 Å². The van der Waals surface area contributed by atoms with Gasteiger partial charge in [-0.25, -0.2) is 9.97 Å². The Kier molecular flexibility index (Phi) is 3.94. The molecule has 0 amide bonds. The fraction of sp³-hybridized carbons (Fsp3) is 0.692. The molecular weight excluding hydrogens is 212 g/mol. The third-order valence-corrected chi connectivity index (χ3v) is 3.36. The molecule has 1 aliphatic carbocycles. The number of aromatic nitrogens is 2. The zero-order valence-electron chi connectivity index (χ0n) is 10.7. The molecule has 1 aromatic rings. The summed E-state index contributed by atoms with van der Waals surface area (Å²) >= 11 is 0. The Labute approximate surface area is 103 Å². The first-order valence-corrected chi connectivity index (χ1v) is 6.45. The standard InChI is InChI=1S/C13H22N4/c1-9-6-13(17-10(2)16-9)15-8-11-4-3-5-12(14)7-11/h6,11-12H,3-5,7-8,14H2,1-2H3,(H,15,16,17). The highest BCUT2D eigenvalue weighted by molar-refractivity contribution is 5.35. The maximum absolute atomic E-state index is 5.99. The Morgan fingerprint density at radius 2 is 2.18 bits per heavy atom. The molecule has 2 unspecified atom stereocenters. The van der Waals surface area contributed by atoms with Crippen LogP contribution in [0.25, 0.3) is 0 Å². The third kappa shape index (κ3) is 3.66. The van der Waals surface area contributed by atoms with Crippen molar-refractivity contribution in [2.75, 3.05) is 11.9 Å². The van der Waals surface area contributed by atoms with Crippen molar-refractivity contribution in [1.29, 1.82) is 0 Å². The number of aryl methyl sites for hydroxylation is 2. The van der Waals surface area contributed by atoms with Gasteiger partial charge in [0.1, 0.15) is 11.6 Å². The fourth-order valence-corrected chi connectivity index (χ4v) is 2.57. The van der Waals surface area contributed by atoms with Crippen LogP contribution < -0.4 is 11.1 Å². The average molecular weight is 234 g/mol. The molecule has 2 atom stereocenters. The summed E-state index contributed by atoms with van der Waals surface area (Å²) in [4.78, 5) is 8.65. The molecule has 4 heteroatoms. The topological polar surface area (TPSA) is 63.8 Å². The molecule has 0 bridgehead atoms. The summed E-state index contributed by atoms with van der Waals surface area (Å²) in [6.07, 6.45) is 4.86. The van der Waals surface area contributed by atoms with Crippen molar-refractivity contribution < 1.29 is 0 Å². The molecule has 1 saturated carbocycles. The van der Waals surface area contributed by atoms with Gasteiger partial charge in [0.05, 0.1) is 0 Å². The van der Waals surface area contributed by atoms with Crippen LogP contribution in [0, 0.1) is 19.8 Å². The molecule has 0 aromatic carbocycles. The first-order chi connectivity index (χ1) is 8.13. The van der Waals surface area contributed by atoms with E-state index in [-0.39, 0.29) is 0 Å². The number of nitrogens with two attached hydrogens (primary N) is 1. The molecule has 0 saturated heterocycles. The molecule has 1 aliphatic rings. The lowest BCUT2D eigenvalue weighted by molar-refractivity contribution is 0.335. The molecule has 0 spiro atoms. The monoisotopic (exact) mass is 234 g/mol. The molecule has 1 fully saturated rings. The van der Waals surface area contributed by atoms with Gasteiger partial charge in [-0.15, -0.1) is 0 Å². The lowest BCUT2D eigenvalue weighted by Gasteiger charge is -2.26. The van der Waals surface area contributed by atoms with Gasteiger partial charge in [0, 0.05) is 24.3 Å². The molecule has 0 aliphatic heterocycles. The fourth-order valence-electron chi connectivity index (χ4n) is 2.57. The van der Waals surface area contributed by atoms with Crippen molar-refractivity contribution in [3.8, 4) is 0 Å². The lowest BCUT2D eigenvalue weighted by atomic mass is 9.86. The van der Waals surface area contributed by atoms with Crippen molar-refractivity contribution in [3.05, 3.63) is 17.6 Å². The second-order valence-electron chi connectivity index (χ2n) is 5.12. The van der Waals surface area contributed by atoms with Gasteiger partial charge in [0.25, 0.3) is 0 Å². The number of hydrogen-bond acceptors (Lipinski definition) is 4. The van der Waals surface area contributed by atoms with Crippen LogP contribution in [0.1, 0.15) is 37.2 Å². The minimum Gasteiger partial charge on any atom is -0.370 e. The van der Waals surface area contributed by atoms with Crippen LogP contribution in [-0.2, 0) is 0 Å². The summed E-state index contributed by atoms with van der Waals surface area (Å²) in [5.74, 6) is 2.45. The third-order valence-electron chi connectivity index (χ3n) is 3.36. The second kappa shape index (κ2) is 5.45. The van der Waals surface area contributed by atoms with Crippen molar-refractivity contribution in [3.63, 3.8) is 0 Å². The molecule has 4 nitrogen and oxygen atoms in total. The maximum atomic E-state index is 5.99. The summed E-state index contributed by atoms with van der Waals surface area (Å²) in [7, 11) is 0. The van der Waals surface area contributed by atoms with Crippen LogP contribution >= 0.6 is 0 Å². The van der Waals surface area contributed by atoms with Crippen LogP contribution in [-0.4, -0.2) is 22.6 Å². The molecular formula is C13H22N4. The van der Waals surface area contributed by atoms with E-state index in [1.807, 2.05) is 19.9 Å². The highest BCUT2D eigenvalue weighted by Gasteiger charge is 2.18. The molecule has 0 radical (unpaired) electrons. The Hall–Kier alpha value is -1.16. The second-order valence-corrected chi connectivity index (χ2v) is 5.12. The number of nitrogens with one attached hydrogen (secondary N) is 1. The quantitative estimate of drug-likeness (QED) is 0.840. The van der Waals surface area contributed by atoms with Gasteiger partial charge in [-0.3, -0.25) is 0 Å². The number of rotatable bonds is 3. The molecule has 17 heavy (non-hydrogen) atoms. The van der Waals surface area contributed by atoms with Crippen LogP contribution in [0.3, 0.4) is 0 Å². The van der Waals surface area contributed by atoms with Gasteiger partial charge in [-0.2, -0.15) is 0 Å². The van der Waals surface area contributed by atoms with Gasteiger partial charge >= 0.3 is 0 Å². The van der Waals surface area contributed by atoms with Crippen molar-refractivity contribution in [2.24, 2.45) is 11.7 Å². The molecule has 2 rings (SSSR count). The van der Waals surface area contributed by atoms with E-state index < -0.39 is 0 Å². The molecule has 1 aromatic heterocycles. The van der Waals surface area contributed by atoms with Gasteiger partial charge < -0.3 is 11.1 Å². The molecule has 1 heterocycles. The van der Waals surface area contributed by atoms with Crippen molar-refractivity contribution >= 4 is 5.82 Å². The predicted octanol–water partition coefficient (Wildman–Crippen LogP) is 2.02. The zero-order valence-corrected chi connectivity index (χ0v) is 10.7. The Balaban J connectivity index is 1.88. The summed E-state index contributed by atoms with van der Waals surface area (Å²) in [6, 6.07) is 2.39. The van der Waals surface area contributed by atoms with Crippen molar-refractivity contribution in [2.45, 2.75) is 45.6 Å². The van der Waals surface area contributed by atoms with E-state index >= 15 is 0 Å². The minimum atomic E-state index is 0.393.